The number of rotatable bonds is 10. The summed E-state index contributed by atoms with van der Waals surface area (Å²) in [6.07, 6.45) is 3.35. The van der Waals surface area contributed by atoms with Gasteiger partial charge in [0.05, 0.1) is 23.7 Å². The van der Waals surface area contributed by atoms with E-state index in [-0.39, 0.29) is 24.2 Å². The summed E-state index contributed by atoms with van der Waals surface area (Å²) in [6.45, 7) is 3.32. The van der Waals surface area contributed by atoms with Gasteiger partial charge in [0.2, 0.25) is 5.91 Å². The lowest BCUT2D eigenvalue weighted by atomic mass is 9.95. The second kappa shape index (κ2) is 10.2. The molecule has 33 heavy (non-hydrogen) atoms. The molecule has 9 heteroatoms. The van der Waals surface area contributed by atoms with Gasteiger partial charge in [-0.2, -0.15) is 4.98 Å². The number of imidazole rings is 1. The molecule has 7 nitrogen and oxygen atoms in total. The molecule has 1 aromatic heterocycles. The van der Waals surface area contributed by atoms with Crippen molar-refractivity contribution < 1.29 is 27.8 Å². The van der Waals surface area contributed by atoms with Crippen molar-refractivity contribution in [3.8, 4) is 11.8 Å². The van der Waals surface area contributed by atoms with Gasteiger partial charge in [0.15, 0.2) is 0 Å². The minimum Gasteiger partial charge on any atom is -0.488 e. The Kier molecular flexibility index (Phi) is 7.36. The van der Waals surface area contributed by atoms with Crippen molar-refractivity contribution in [1.82, 2.24) is 14.9 Å². The number of fused-ring (bicyclic) bond motifs is 1. The van der Waals surface area contributed by atoms with Gasteiger partial charge in [0.25, 0.3) is 12.4 Å². The first-order valence-electron chi connectivity index (χ1n) is 11.8. The number of amides is 1. The Morgan fingerprint density at radius 3 is 2.48 bits per heavy atom. The number of aromatic nitrogens is 2. The van der Waals surface area contributed by atoms with Crippen molar-refractivity contribution in [3.05, 3.63) is 17.7 Å². The normalized spacial score (nSPS) is 21.9. The van der Waals surface area contributed by atoms with Gasteiger partial charge in [-0.05, 0) is 63.0 Å². The Morgan fingerprint density at radius 1 is 1.15 bits per heavy atom. The van der Waals surface area contributed by atoms with Gasteiger partial charge < -0.3 is 19.5 Å². The summed E-state index contributed by atoms with van der Waals surface area (Å²) in [5.41, 5.74) is 2.75. The third-order valence-electron chi connectivity index (χ3n) is 6.27. The Hall–Kier alpha value is -2.42. The van der Waals surface area contributed by atoms with E-state index >= 15 is 0 Å². The quantitative estimate of drug-likeness (QED) is 0.566. The van der Waals surface area contributed by atoms with Crippen LogP contribution in [-0.4, -0.2) is 53.3 Å². The van der Waals surface area contributed by atoms with Gasteiger partial charge >= 0.3 is 0 Å². The first-order valence-corrected chi connectivity index (χ1v) is 11.8. The Morgan fingerprint density at radius 2 is 1.85 bits per heavy atom. The fourth-order valence-corrected chi connectivity index (χ4v) is 4.45. The van der Waals surface area contributed by atoms with E-state index in [0.29, 0.717) is 24.3 Å². The second-order valence-corrected chi connectivity index (χ2v) is 9.26. The molecule has 0 bridgehead atoms. The summed E-state index contributed by atoms with van der Waals surface area (Å²) in [7, 11) is 1.89. The average molecular weight is 466 g/mol. The predicted molar refractivity (Wildman–Crippen MR) is 120 cm³/mol. The zero-order valence-electron chi connectivity index (χ0n) is 19.5. The maximum atomic E-state index is 12.6. The molecule has 0 radical (unpaired) electrons. The van der Waals surface area contributed by atoms with Crippen LogP contribution in [0.4, 0.5) is 8.78 Å². The molecular formula is C24H33F2N3O4. The number of hydrogen-bond donors (Lipinski definition) is 1. The molecule has 0 aliphatic heterocycles. The Labute approximate surface area is 192 Å². The van der Waals surface area contributed by atoms with Crippen LogP contribution in [0.15, 0.2) is 12.1 Å². The average Bonchev–Trinajstić information content (AvgIpc) is 3.57. The molecule has 0 spiro atoms. The third-order valence-corrected chi connectivity index (χ3v) is 6.27. The first-order chi connectivity index (χ1) is 15.8. The predicted octanol–water partition coefficient (Wildman–Crippen LogP) is 4.33. The molecule has 1 N–H and O–H groups in total. The Bertz CT molecular complexity index is 968. The number of carbonyl (C=O) groups excluding carboxylic acids is 1. The number of ether oxygens (including phenoxy) is 3. The van der Waals surface area contributed by atoms with Crippen LogP contribution in [-0.2, 0) is 16.6 Å². The molecular weight excluding hydrogens is 432 g/mol. The molecule has 1 heterocycles. The molecule has 0 saturated heterocycles. The van der Waals surface area contributed by atoms with E-state index in [1.165, 1.54) is 6.92 Å². The number of carbonyl (C=O) groups is 1. The summed E-state index contributed by atoms with van der Waals surface area (Å²) in [4.78, 5) is 15.9. The maximum Gasteiger partial charge on any atom is 0.297 e. The largest absolute Gasteiger partial charge is 0.488 e. The number of hydrogen-bond acceptors (Lipinski definition) is 5. The molecule has 0 unspecified atom stereocenters. The van der Waals surface area contributed by atoms with Gasteiger partial charge in [-0.15, -0.1) is 0 Å². The fourth-order valence-electron chi connectivity index (χ4n) is 4.45. The zero-order chi connectivity index (χ0) is 23.5. The number of alkyl halides is 2. The van der Waals surface area contributed by atoms with Gasteiger partial charge in [0.1, 0.15) is 18.5 Å². The lowest BCUT2D eigenvalue weighted by Crippen LogP contribution is -2.37. The minimum atomic E-state index is -2.51. The first kappa shape index (κ1) is 23.7. The summed E-state index contributed by atoms with van der Waals surface area (Å²) < 4.78 is 44.7. The van der Waals surface area contributed by atoms with E-state index in [2.05, 4.69) is 5.32 Å². The van der Waals surface area contributed by atoms with E-state index in [1.807, 2.05) is 24.6 Å². The molecule has 1 atom stereocenters. The highest BCUT2D eigenvalue weighted by Crippen LogP contribution is 2.45. The number of halogens is 2. The standard InChI is InChI=1S/C24H33F2N3O4/c1-14(27-15(2)30)12-31-17-6-8-18(9-7-17)33-24-28-23-20(16-4-5-16)10-19(32-13-22(25)26)11-21(23)29(24)3/h10-11,14,16-18,22H,4-9,12-13H2,1-3H3,(H,27,30)/t14-,17-,18-/m0/s1. The fraction of sp³-hybridized carbons (Fsp3) is 0.667. The molecule has 4 rings (SSSR count). The molecule has 1 amide bonds. The van der Waals surface area contributed by atoms with Gasteiger partial charge in [-0.25, -0.2) is 8.78 Å². The molecule has 1 aromatic carbocycles. The Balaban J connectivity index is 1.38. The second-order valence-electron chi connectivity index (χ2n) is 9.26. The third kappa shape index (κ3) is 6.13. The van der Waals surface area contributed by atoms with Crippen LogP contribution >= 0.6 is 0 Å². The maximum absolute atomic E-state index is 12.6. The smallest absolute Gasteiger partial charge is 0.297 e. The summed E-state index contributed by atoms with van der Waals surface area (Å²) >= 11 is 0. The van der Waals surface area contributed by atoms with E-state index in [1.54, 1.807) is 6.07 Å². The zero-order valence-corrected chi connectivity index (χ0v) is 19.5. The SMILES string of the molecule is CC(=O)N[C@@H](C)CO[C@H]1CC[C@H](Oc2nc3c(C4CC4)cc(OCC(F)F)cc3n2C)CC1. The molecule has 2 aliphatic carbocycles. The molecule has 2 aliphatic rings. The minimum absolute atomic E-state index is 0.00769. The van der Waals surface area contributed by atoms with E-state index < -0.39 is 13.0 Å². The van der Waals surface area contributed by atoms with Gasteiger partial charge in [-0.1, -0.05) is 0 Å². The van der Waals surface area contributed by atoms with Gasteiger partial charge in [0, 0.05) is 26.1 Å². The van der Waals surface area contributed by atoms with Crippen LogP contribution in [0.25, 0.3) is 11.0 Å². The van der Waals surface area contributed by atoms with Crippen LogP contribution in [0.5, 0.6) is 11.8 Å². The van der Waals surface area contributed by atoms with Crippen molar-refractivity contribution in [2.24, 2.45) is 7.05 Å². The number of benzene rings is 1. The van der Waals surface area contributed by atoms with Crippen molar-refractivity contribution in [2.45, 2.75) is 83.0 Å². The van der Waals surface area contributed by atoms with E-state index in [0.717, 1.165) is 55.1 Å². The van der Waals surface area contributed by atoms with Crippen LogP contribution in [0.2, 0.25) is 0 Å². The number of nitrogens with zero attached hydrogens (tertiary/aromatic N) is 2. The molecule has 182 valence electrons. The molecule has 2 saturated carbocycles. The lowest BCUT2D eigenvalue weighted by molar-refractivity contribution is -0.120. The number of nitrogens with one attached hydrogen (secondary N) is 1. The van der Waals surface area contributed by atoms with E-state index in [9.17, 15) is 13.6 Å². The molecule has 2 aromatic rings. The lowest BCUT2D eigenvalue weighted by Gasteiger charge is -2.29. The highest BCUT2D eigenvalue weighted by molar-refractivity contribution is 5.83. The summed E-state index contributed by atoms with van der Waals surface area (Å²) in [5.74, 6) is 0.798. The summed E-state index contributed by atoms with van der Waals surface area (Å²) in [5, 5.41) is 2.83. The highest BCUT2D eigenvalue weighted by Gasteiger charge is 2.30. The van der Waals surface area contributed by atoms with Crippen LogP contribution in [0.1, 0.15) is 63.9 Å². The van der Waals surface area contributed by atoms with E-state index in [4.69, 9.17) is 19.2 Å². The van der Waals surface area contributed by atoms with Gasteiger partial charge in [-0.3, -0.25) is 9.36 Å². The van der Waals surface area contributed by atoms with Crippen LogP contribution in [0, 0.1) is 0 Å². The topological polar surface area (TPSA) is 74.6 Å². The highest BCUT2D eigenvalue weighted by atomic mass is 19.3. The summed E-state index contributed by atoms with van der Waals surface area (Å²) in [6, 6.07) is 4.15. The monoisotopic (exact) mass is 465 g/mol. The van der Waals surface area contributed by atoms with Crippen molar-refractivity contribution >= 4 is 16.9 Å². The van der Waals surface area contributed by atoms with Crippen molar-refractivity contribution in [2.75, 3.05) is 13.2 Å². The van der Waals surface area contributed by atoms with Crippen LogP contribution in [0.3, 0.4) is 0 Å². The van der Waals surface area contributed by atoms with Crippen molar-refractivity contribution in [3.63, 3.8) is 0 Å². The van der Waals surface area contributed by atoms with Crippen LogP contribution < -0.4 is 14.8 Å². The van der Waals surface area contributed by atoms with Crippen molar-refractivity contribution in [1.29, 1.82) is 0 Å². The molecule has 2 fully saturated rings. The number of aryl methyl sites for hydroxylation is 1.